The van der Waals surface area contributed by atoms with Crippen LogP contribution >= 0.6 is 0 Å². The molecule has 1 aromatic heterocycles. The summed E-state index contributed by atoms with van der Waals surface area (Å²) in [5, 5.41) is 27.1. The molecule has 0 saturated carbocycles. The van der Waals surface area contributed by atoms with Gasteiger partial charge in [-0.1, -0.05) is 0 Å². The molecule has 3 saturated heterocycles. The maximum Gasteiger partial charge on any atom is 0.290 e. The number of hydrogen-bond donors (Lipinski definition) is 4. The van der Waals surface area contributed by atoms with Gasteiger partial charge in [0.25, 0.3) is 12.4 Å². The number of piperidine rings is 3. The van der Waals surface area contributed by atoms with Gasteiger partial charge in [0.15, 0.2) is 5.69 Å². The Balaban J connectivity index is 0.000000526. The van der Waals surface area contributed by atoms with Gasteiger partial charge in [-0.3, -0.25) is 14.7 Å². The molecule has 4 heterocycles. The molecule has 5 rings (SSSR count). The molecule has 0 unspecified atom stereocenters. The molecule has 8 heteroatoms. The summed E-state index contributed by atoms with van der Waals surface area (Å²) in [6, 6.07) is 5.10. The van der Waals surface area contributed by atoms with Crippen LogP contribution in [0.3, 0.4) is 0 Å². The fraction of sp³-hybridized carbons (Fsp3) is 0.438. The highest BCUT2D eigenvalue weighted by atomic mass is 16.3. The third-order valence-electron chi connectivity index (χ3n) is 4.73. The van der Waals surface area contributed by atoms with Crippen molar-refractivity contribution in [2.24, 2.45) is 5.92 Å². The van der Waals surface area contributed by atoms with E-state index >= 15 is 0 Å². The summed E-state index contributed by atoms with van der Waals surface area (Å²) in [5.74, 6) is 0.620. The van der Waals surface area contributed by atoms with Crippen LogP contribution < -0.4 is 5.32 Å². The molecule has 8 nitrogen and oxygen atoms in total. The highest BCUT2D eigenvalue weighted by Crippen LogP contribution is 2.28. The minimum absolute atomic E-state index is 0.134. The molecule has 0 radical (unpaired) electrons. The monoisotopic (exact) mass is 332 g/mol. The summed E-state index contributed by atoms with van der Waals surface area (Å²) in [5.41, 5.74) is 1.08. The molecule has 1 amide bonds. The quantitative estimate of drug-likeness (QED) is 0.604. The van der Waals surface area contributed by atoms with Crippen molar-refractivity contribution in [2.75, 3.05) is 19.6 Å². The van der Waals surface area contributed by atoms with E-state index in [0.29, 0.717) is 17.1 Å². The molecule has 0 aliphatic carbocycles. The highest BCUT2D eigenvalue weighted by Gasteiger charge is 2.35. The number of amides is 1. The Bertz CT molecular complexity index is 737. The van der Waals surface area contributed by atoms with Crippen LogP contribution in [0.4, 0.5) is 0 Å². The van der Waals surface area contributed by atoms with Gasteiger partial charge in [-0.2, -0.15) is 5.10 Å². The maximum absolute atomic E-state index is 12.5. The summed E-state index contributed by atoms with van der Waals surface area (Å²) in [7, 11) is 0. The van der Waals surface area contributed by atoms with Gasteiger partial charge in [0.05, 0.1) is 5.52 Å². The first-order valence-corrected chi connectivity index (χ1v) is 7.90. The van der Waals surface area contributed by atoms with Crippen molar-refractivity contribution in [2.45, 2.75) is 18.9 Å². The van der Waals surface area contributed by atoms with Crippen LogP contribution in [0, 0.1) is 5.92 Å². The van der Waals surface area contributed by atoms with Gasteiger partial charge in [0, 0.05) is 24.0 Å². The number of aromatic amines is 1. The van der Waals surface area contributed by atoms with E-state index in [2.05, 4.69) is 20.4 Å². The Morgan fingerprint density at radius 2 is 2.08 bits per heavy atom. The van der Waals surface area contributed by atoms with E-state index in [1.807, 2.05) is 0 Å². The second-order valence-electron chi connectivity index (χ2n) is 6.13. The summed E-state index contributed by atoms with van der Waals surface area (Å²) in [6.45, 7) is 3.00. The lowest BCUT2D eigenvalue weighted by Gasteiger charge is -2.44. The number of nitrogens with one attached hydrogen (secondary N) is 2. The number of nitrogens with zero attached hydrogens (tertiary/aromatic N) is 2. The van der Waals surface area contributed by atoms with Crippen LogP contribution in [0.15, 0.2) is 18.2 Å². The first-order chi connectivity index (χ1) is 11.6. The number of carbonyl (C=O) groups excluding carboxylic acids is 1. The third-order valence-corrected chi connectivity index (χ3v) is 4.73. The normalized spacial score (nSPS) is 24.9. The average Bonchev–Trinajstić information content (AvgIpc) is 2.99. The molecule has 3 aliphatic heterocycles. The predicted molar refractivity (Wildman–Crippen MR) is 86.9 cm³/mol. The average molecular weight is 332 g/mol. The van der Waals surface area contributed by atoms with E-state index in [9.17, 15) is 9.90 Å². The summed E-state index contributed by atoms with van der Waals surface area (Å²) in [4.78, 5) is 23.2. The lowest BCUT2D eigenvalue weighted by atomic mass is 9.84. The summed E-state index contributed by atoms with van der Waals surface area (Å²) in [6.07, 6.45) is 2.33. The van der Waals surface area contributed by atoms with Gasteiger partial charge >= 0.3 is 0 Å². The lowest BCUT2D eigenvalue weighted by Crippen LogP contribution is -2.57. The fourth-order valence-electron chi connectivity index (χ4n) is 3.55. The standard InChI is InChI=1S/C15H18N4O2.CH2O2/c20-10-1-2-11-12(7-10)17-18-14(11)15(21)16-13-8-19-5-3-9(13)4-6-19;2-1-3/h1-2,7,9,13,20H,3-6,8H2,(H,16,21)(H,17,18);1H,(H,2,3)/t13-;/m0./s1. The number of aromatic nitrogens is 2. The molecule has 1 atom stereocenters. The molecule has 3 aliphatic rings. The highest BCUT2D eigenvalue weighted by molar-refractivity contribution is 6.05. The minimum atomic E-state index is -0.250. The number of phenolic OH excluding ortho intramolecular Hbond substituents is 1. The Hall–Kier alpha value is -2.61. The first kappa shape index (κ1) is 16.3. The van der Waals surface area contributed by atoms with Crippen LogP contribution in [-0.4, -0.2) is 63.4 Å². The predicted octanol–water partition coefficient (Wildman–Crippen LogP) is 0.793. The molecule has 1 aromatic carbocycles. The molecular weight excluding hydrogens is 312 g/mol. The molecule has 2 bridgehead atoms. The number of fused-ring (bicyclic) bond motifs is 4. The summed E-state index contributed by atoms with van der Waals surface area (Å²) < 4.78 is 0. The Morgan fingerprint density at radius 3 is 2.71 bits per heavy atom. The van der Waals surface area contributed by atoms with Crippen molar-refractivity contribution in [3.8, 4) is 5.75 Å². The topological polar surface area (TPSA) is 119 Å². The van der Waals surface area contributed by atoms with E-state index in [1.165, 1.54) is 12.8 Å². The zero-order valence-electron chi connectivity index (χ0n) is 13.1. The number of rotatable bonds is 2. The zero-order valence-corrected chi connectivity index (χ0v) is 13.1. The molecule has 3 fully saturated rings. The number of phenols is 1. The van der Waals surface area contributed by atoms with E-state index in [0.717, 1.165) is 25.0 Å². The van der Waals surface area contributed by atoms with E-state index in [1.54, 1.807) is 18.2 Å². The number of H-pyrrole nitrogens is 1. The van der Waals surface area contributed by atoms with Crippen molar-refractivity contribution in [3.63, 3.8) is 0 Å². The van der Waals surface area contributed by atoms with Crippen molar-refractivity contribution in [1.29, 1.82) is 0 Å². The van der Waals surface area contributed by atoms with E-state index in [4.69, 9.17) is 9.90 Å². The molecule has 24 heavy (non-hydrogen) atoms. The third kappa shape index (κ3) is 3.18. The second-order valence-corrected chi connectivity index (χ2v) is 6.13. The SMILES string of the molecule is O=C(N[C@H]1CN2CCC1CC2)c1n[nH]c2cc(O)ccc12.O=CO. The number of benzene rings is 1. The minimum Gasteiger partial charge on any atom is -0.508 e. The first-order valence-electron chi connectivity index (χ1n) is 7.90. The fourth-order valence-corrected chi connectivity index (χ4v) is 3.55. The zero-order chi connectivity index (χ0) is 17.1. The van der Waals surface area contributed by atoms with Gasteiger partial charge < -0.3 is 20.4 Å². The maximum atomic E-state index is 12.5. The molecule has 128 valence electrons. The van der Waals surface area contributed by atoms with Gasteiger partial charge in [-0.25, -0.2) is 0 Å². The summed E-state index contributed by atoms with van der Waals surface area (Å²) >= 11 is 0. The smallest absolute Gasteiger partial charge is 0.290 e. The Labute approximate surface area is 138 Å². The van der Waals surface area contributed by atoms with Crippen molar-refractivity contribution >= 4 is 23.3 Å². The van der Waals surface area contributed by atoms with Gasteiger partial charge in [-0.05, 0) is 44.0 Å². The van der Waals surface area contributed by atoms with Crippen molar-refractivity contribution in [3.05, 3.63) is 23.9 Å². The lowest BCUT2D eigenvalue weighted by molar-refractivity contribution is -0.122. The van der Waals surface area contributed by atoms with Crippen LogP contribution in [0.25, 0.3) is 10.9 Å². The van der Waals surface area contributed by atoms with E-state index in [-0.39, 0.29) is 24.2 Å². The molecule has 0 spiro atoms. The second kappa shape index (κ2) is 6.88. The number of aromatic hydroxyl groups is 1. The van der Waals surface area contributed by atoms with Crippen molar-refractivity contribution < 1.29 is 19.8 Å². The molecular formula is C16H20N4O4. The largest absolute Gasteiger partial charge is 0.508 e. The molecule has 4 N–H and O–H groups in total. The Kier molecular flexibility index (Phi) is 4.66. The van der Waals surface area contributed by atoms with Crippen LogP contribution in [0.2, 0.25) is 0 Å². The van der Waals surface area contributed by atoms with Gasteiger partial charge in [0.1, 0.15) is 5.75 Å². The number of hydrogen-bond acceptors (Lipinski definition) is 5. The molecule has 2 aromatic rings. The van der Waals surface area contributed by atoms with E-state index < -0.39 is 0 Å². The number of carboxylic acid groups (broad SMARTS) is 1. The van der Waals surface area contributed by atoms with Crippen LogP contribution in [0.1, 0.15) is 23.3 Å². The van der Waals surface area contributed by atoms with Crippen LogP contribution in [-0.2, 0) is 4.79 Å². The van der Waals surface area contributed by atoms with Gasteiger partial charge in [0.2, 0.25) is 0 Å². The van der Waals surface area contributed by atoms with Gasteiger partial charge in [-0.15, -0.1) is 0 Å². The van der Waals surface area contributed by atoms with Crippen LogP contribution in [0.5, 0.6) is 5.75 Å². The Morgan fingerprint density at radius 1 is 1.38 bits per heavy atom. The number of carbonyl (C=O) groups is 2. The van der Waals surface area contributed by atoms with Crippen molar-refractivity contribution in [1.82, 2.24) is 20.4 Å².